The van der Waals surface area contributed by atoms with Crippen molar-refractivity contribution in [1.82, 2.24) is 15.7 Å². The highest BCUT2D eigenvalue weighted by atomic mass is 35.5. The van der Waals surface area contributed by atoms with Crippen LogP contribution in [-0.2, 0) is 0 Å². The highest BCUT2D eigenvalue weighted by Gasteiger charge is 2.29. The number of thiazole rings is 1. The van der Waals surface area contributed by atoms with E-state index in [-0.39, 0.29) is 6.04 Å². The molecular weight excluding hydrogens is 344 g/mol. The van der Waals surface area contributed by atoms with Crippen LogP contribution in [0.15, 0.2) is 57.1 Å². The molecule has 1 aliphatic heterocycles. The summed E-state index contributed by atoms with van der Waals surface area (Å²) >= 11 is 7.94. The maximum absolute atomic E-state index is 6.42. The lowest BCUT2D eigenvalue weighted by Crippen LogP contribution is -2.39. The monoisotopic (exact) mass is 360 g/mol. The van der Waals surface area contributed by atoms with Gasteiger partial charge < -0.3 is 10.7 Å². The summed E-state index contributed by atoms with van der Waals surface area (Å²) in [6.07, 6.45) is 1.75. The molecule has 0 aliphatic carbocycles. The van der Waals surface area contributed by atoms with Crippen LogP contribution >= 0.6 is 22.9 Å². The molecule has 24 heavy (non-hydrogen) atoms. The Bertz CT molecular complexity index is 825. The van der Waals surface area contributed by atoms with Gasteiger partial charge in [-0.15, -0.1) is 11.3 Å². The van der Waals surface area contributed by atoms with Gasteiger partial charge >= 0.3 is 0 Å². The molecule has 4 N–H and O–H groups in total. The Balaban J connectivity index is 2.16. The summed E-state index contributed by atoms with van der Waals surface area (Å²) in [5.74, 6) is 6.92. The van der Waals surface area contributed by atoms with Crippen molar-refractivity contribution in [2.24, 2.45) is 15.8 Å². The Hall–Kier alpha value is -2.22. The van der Waals surface area contributed by atoms with E-state index in [1.54, 1.807) is 13.2 Å². The number of nitrogens with zero attached hydrogens (tertiary/aromatic N) is 3. The zero-order valence-electron chi connectivity index (χ0n) is 13.2. The molecule has 8 heteroatoms. The average molecular weight is 361 g/mol. The molecule has 1 aromatic heterocycles. The van der Waals surface area contributed by atoms with Gasteiger partial charge in [-0.1, -0.05) is 29.8 Å². The van der Waals surface area contributed by atoms with Gasteiger partial charge in [-0.3, -0.25) is 9.98 Å². The molecular formula is C16H17ClN6S. The number of hydrogen-bond donors (Lipinski definition) is 3. The highest BCUT2D eigenvalue weighted by Crippen LogP contribution is 2.35. The third-order valence-electron chi connectivity index (χ3n) is 3.69. The minimum absolute atomic E-state index is 0.325. The van der Waals surface area contributed by atoms with E-state index in [0.29, 0.717) is 16.7 Å². The van der Waals surface area contributed by atoms with Gasteiger partial charge in [0, 0.05) is 34.9 Å². The molecule has 0 spiro atoms. The number of aliphatic imine (C=N–C) groups is 2. The number of hydrogen-bond acceptors (Lipinski definition) is 6. The zero-order valence-corrected chi connectivity index (χ0v) is 14.8. The summed E-state index contributed by atoms with van der Waals surface area (Å²) < 4.78 is 0. The van der Waals surface area contributed by atoms with Gasteiger partial charge in [0.1, 0.15) is 11.9 Å². The van der Waals surface area contributed by atoms with Crippen molar-refractivity contribution in [3.8, 4) is 0 Å². The fraction of sp³-hybridized carbons (Fsp3) is 0.188. The van der Waals surface area contributed by atoms with Crippen molar-refractivity contribution in [3.05, 3.63) is 62.7 Å². The fourth-order valence-electron chi connectivity index (χ4n) is 2.62. The normalized spacial score (nSPS) is 18.2. The van der Waals surface area contributed by atoms with Crippen molar-refractivity contribution < 1.29 is 0 Å². The van der Waals surface area contributed by atoms with Crippen molar-refractivity contribution >= 4 is 34.6 Å². The average Bonchev–Trinajstić information content (AvgIpc) is 3.12. The predicted octanol–water partition coefficient (Wildman–Crippen LogP) is 2.65. The predicted molar refractivity (Wildman–Crippen MR) is 99.4 cm³/mol. The molecule has 6 nitrogen and oxygen atoms in total. The second-order valence-corrected chi connectivity index (χ2v) is 6.42. The first kappa shape index (κ1) is 16.6. The van der Waals surface area contributed by atoms with Crippen molar-refractivity contribution in [3.63, 3.8) is 0 Å². The standard InChI is InChI=1S/C16H17ClN6S/c1-9-12(14(19-2)23-18)13(10-5-3-4-6-11(10)17)22-15(21-9)16-20-7-8-24-16/h3-8,13H,18H2,1-2H3,(H,19,23)(H,21,22). The first-order valence-corrected chi connectivity index (χ1v) is 8.55. The third kappa shape index (κ3) is 3.06. The molecule has 1 atom stereocenters. The lowest BCUT2D eigenvalue weighted by molar-refractivity contribution is 0.800. The van der Waals surface area contributed by atoms with Gasteiger partial charge in [0.05, 0.1) is 0 Å². The fourth-order valence-corrected chi connectivity index (χ4v) is 3.44. The maximum atomic E-state index is 6.42. The Labute approximate surface area is 149 Å². The molecule has 1 aliphatic rings. The molecule has 0 amide bonds. The second-order valence-electron chi connectivity index (χ2n) is 5.12. The van der Waals surface area contributed by atoms with Crippen LogP contribution in [-0.4, -0.2) is 23.7 Å². The number of rotatable bonds is 3. The zero-order chi connectivity index (χ0) is 17.1. The number of allylic oxidation sites excluding steroid dienone is 1. The van der Waals surface area contributed by atoms with E-state index >= 15 is 0 Å². The molecule has 3 rings (SSSR count). The largest absolute Gasteiger partial charge is 0.341 e. The van der Waals surface area contributed by atoms with Crippen LogP contribution in [0.1, 0.15) is 23.5 Å². The van der Waals surface area contributed by atoms with E-state index < -0.39 is 0 Å². The quantitative estimate of drug-likeness (QED) is 0.340. The van der Waals surface area contributed by atoms with E-state index in [9.17, 15) is 0 Å². The molecule has 0 saturated carbocycles. The number of nitrogens with one attached hydrogen (secondary N) is 2. The summed E-state index contributed by atoms with van der Waals surface area (Å²) in [5.41, 5.74) is 5.29. The SMILES string of the molecule is CN=C(NN)C1=C(C)NC(c2nccs2)=NC1c1ccccc1Cl. The number of amidine groups is 2. The van der Waals surface area contributed by atoms with Gasteiger partial charge in [0.2, 0.25) is 0 Å². The summed E-state index contributed by atoms with van der Waals surface area (Å²) in [6.45, 7) is 1.96. The third-order valence-corrected chi connectivity index (χ3v) is 4.82. The van der Waals surface area contributed by atoms with Gasteiger partial charge in [-0.25, -0.2) is 10.8 Å². The van der Waals surface area contributed by atoms with Gasteiger partial charge in [0.25, 0.3) is 0 Å². The maximum Gasteiger partial charge on any atom is 0.163 e. The first-order chi connectivity index (χ1) is 11.7. The molecule has 1 aromatic carbocycles. The van der Waals surface area contributed by atoms with Crippen LogP contribution in [0.25, 0.3) is 0 Å². The number of benzene rings is 1. The van der Waals surface area contributed by atoms with Crippen LogP contribution < -0.4 is 16.6 Å². The molecule has 0 fully saturated rings. The van der Waals surface area contributed by atoms with Crippen LogP contribution in [0.5, 0.6) is 0 Å². The van der Waals surface area contributed by atoms with Gasteiger partial charge in [-0.2, -0.15) is 0 Å². The van der Waals surface area contributed by atoms with Crippen molar-refractivity contribution in [1.29, 1.82) is 0 Å². The lowest BCUT2D eigenvalue weighted by atomic mass is 9.95. The number of nitrogens with two attached hydrogens (primary N) is 1. The molecule has 0 radical (unpaired) electrons. The van der Waals surface area contributed by atoms with Crippen LogP contribution in [0.3, 0.4) is 0 Å². The smallest absolute Gasteiger partial charge is 0.163 e. The van der Waals surface area contributed by atoms with E-state index in [4.69, 9.17) is 22.4 Å². The summed E-state index contributed by atoms with van der Waals surface area (Å²) in [4.78, 5) is 13.4. The van der Waals surface area contributed by atoms with Crippen molar-refractivity contribution in [2.75, 3.05) is 7.05 Å². The summed E-state index contributed by atoms with van der Waals surface area (Å²) in [6, 6.07) is 7.31. The minimum Gasteiger partial charge on any atom is -0.341 e. The van der Waals surface area contributed by atoms with E-state index in [2.05, 4.69) is 20.7 Å². The van der Waals surface area contributed by atoms with Crippen LogP contribution in [0.2, 0.25) is 5.02 Å². The van der Waals surface area contributed by atoms with E-state index in [1.807, 2.05) is 36.6 Å². The van der Waals surface area contributed by atoms with Crippen LogP contribution in [0, 0.1) is 0 Å². The Morgan fingerprint density at radius 2 is 2.21 bits per heavy atom. The Kier molecular flexibility index (Phi) is 4.94. The molecule has 2 heterocycles. The Morgan fingerprint density at radius 3 is 2.83 bits per heavy atom. The first-order valence-electron chi connectivity index (χ1n) is 7.29. The molecule has 1 unspecified atom stereocenters. The summed E-state index contributed by atoms with van der Waals surface area (Å²) in [5, 5.41) is 6.67. The number of hydrazine groups is 1. The lowest BCUT2D eigenvalue weighted by Gasteiger charge is -2.27. The van der Waals surface area contributed by atoms with Crippen LogP contribution in [0.4, 0.5) is 0 Å². The molecule has 2 aromatic rings. The highest BCUT2D eigenvalue weighted by molar-refractivity contribution is 7.11. The summed E-state index contributed by atoms with van der Waals surface area (Å²) in [7, 11) is 1.68. The topological polar surface area (TPSA) is 87.7 Å². The number of aromatic nitrogens is 1. The van der Waals surface area contributed by atoms with Gasteiger partial charge in [-0.05, 0) is 18.6 Å². The number of halogens is 1. The van der Waals surface area contributed by atoms with E-state index in [1.165, 1.54) is 11.3 Å². The molecule has 0 saturated heterocycles. The van der Waals surface area contributed by atoms with Gasteiger partial charge in [0.15, 0.2) is 10.8 Å². The Morgan fingerprint density at radius 1 is 1.42 bits per heavy atom. The minimum atomic E-state index is -0.325. The molecule has 124 valence electrons. The van der Waals surface area contributed by atoms with E-state index in [0.717, 1.165) is 21.8 Å². The van der Waals surface area contributed by atoms with Crippen molar-refractivity contribution in [2.45, 2.75) is 13.0 Å². The second kappa shape index (κ2) is 7.12. The molecule has 0 bridgehead atoms.